The highest BCUT2D eigenvalue weighted by Gasteiger charge is 2.39. The summed E-state index contributed by atoms with van der Waals surface area (Å²) in [6.45, 7) is 3.58. The molecule has 0 saturated carbocycles. The van der Waals surface area contributed by atoms with E-state index in [1.807, 2.05) is 15.7 Å². The Morgan fingerprint density at radius 3 is 2.89 bits per heavy atom. The normalized spacial score (nSPS) is 22.4. The SMILES string of the molecule is O=C(CCn1cnnn1)N1CC[C@@H]2[C@@H](CCC(=O)N2CCCn2ccnc2)C1. The van der Waals surface area contributed by atoms with Crippen LogP contribution in [0, 0.1) is 5.92 Å². The van der Waals surface area contributed by atoms with Gasteiger partial charge in [0.1, 0.15) is 6.33 Å². The van der Waals surface area contributed by atoms with Gasteiger partial charge in [0.2, 0.25) is 11.8 Å². The van der Waals surface area contributed by atoms with E-state index in [0.717, 1.165) is 38.9 Å². The van der Waals surface area contributed by atoms with Gasteiger partial charge < -0.3 is 14.4 Å². The van der Waals surface area contributed by atoms with Crippen LogP contribution < -0.4 is 0 Å². The van der Waals surface area contributed by atoms with Crippen molar-refractivity contribution in [3.8, 4) is 0 Å². The van der Waals surface area contributed by atoms with Crippen LogP contribution in [-0.2, 0) is 22.7 Å². The van der Waals surface area contributed by atoms with Gasteiger partial charge in [-0.25, -0.2) is 9.67 Å². The number of tetrazole rings is 1. The first-order valence-corrected chi connectivity index (χ1v) is 9.94. The molecule has 10 nitrogen and oxygen atoms in total. The smallest absolute Gasteiger partial charge is 0.224 e. The van der Waals surface area contributed by atoms with Crippen LogP contribution >= 0.6 is 0 Å². The summed E-state index contributed by atoms with van der Waals surface area (Å²) in [6.07, 6.45) is 10.7. The average molecular weight is 386 g/mol. The second-order valence-corrected chi connectivity index (χ2v) is 7.56. The molecule has 0 aromatic carbocycles. The van der Waals surface area contributed by atoms with Gasteiger partial charge in [-0.05, 0) is 35.6 Å². The fourth-order valence-corrected chi connectivity index (χ4v) is 4.36. The van der Waals surface area contributed by atoms with Crippen molar-refractivity contribution in [1.29, 1.82) is 0 Å². The van der Waals surface area contributed by atoms with Crippen molar-refractivity contribution in [1.82, 2.24) is 39.6 Å². The summed E-state index contributed by atoms with van der Waals surface area (Å²) in [4.78, 5) is 33.1. The Morgan fingerprint density at radius 2 is 2.11 bits per heavy atom. The molecule has 0 radical (unpaired) electrons. The molecule has 0 bridgehead atoms. The third kappa shape index (κ3) is 4.20. The number of carbonyl (C=O) groups is 2. The van der Waals surface area contributed by atoms with E-state index < -0.39 is 0 Å². The van der Waals surface area contributed by atoms with Crippen LogP contribution in [0.3, 0.4) is 0 Å². The number of amides is 2. The molecule has 2 aromatic heterocycles. The number of imidazole rings is 1. The highest BCUT2D eigenvalue weighted by atomic mass is 16.2. The van der Waals surface area contributed by atoms with Crippen molar-refractivity contribution in [3.63, 3.8) is 0 Å². The number of piperidine rings is 2. The van der Waals surface area contributed by atoms with Crippen molar-refractivity contribution < 1.29 is 9.59 Å². The van der Waals surface area contributed by atoms with E-state index in [4.69, 9.17) is 0 Å². The van der Waals surface area contributed by atoms with E-state index >= 15 is 0 Å². The molecule has 0 spiro atoms. The molecule has 2 saturated heterocycles. The fraction of sp³-hybridized carbons (Fsp3) is 0.667. The van der Waals surface area contributed by atoms with Gasteiger partial charge in [-0.3, -0.25) is 9.59 Å². The third-order valence-corrected chi connectivity index (χ3v) is 5.82. The van der Waals surface area contributed by atoms with Crippen LogP contribution in [0.15, 0.2) is 25.0 Å². The molecular weight excluding hydrogens is 360 g/mol. The zero-order valence-corrected chi connectivity index (χ0v) is 15.9. The van der Waals surface area contributed by atoms with Crippen LogP contribution in [0.25, 0.3) is 0 Å². The topological polar surface area (TPSA) is 102 Å². The lowest BCUT2D eigenvalue weighted by Gasteiger charge is -2.47. The first-order valence-electron chi connectivity index (χ1n) is 9.94. The predicted molar refractivity (Wildman–Crippen MR) is 98.7 cm³/mol. The molecule has 0 N–H and O–H groups in total. The molecule has 0 aliphatic carbocycles. The van der Waals surface area contributed by atoms with Gasteiger partial charge in [0, 0.05) is 57.5 Å². The van der Waals surface area contributed by atoms with E-state index in [-0.39, 0.29) is 17.9 Å². The molecular formula is C18H26N8O2. The summed E-state index contributed by atoms with van der Waals surface area (Å²) < 4.78 is 3.61. The van der Waals surface area contributed by atoms with Crippen LogP contribution in [0.1, 0.15) is 32.1 Å². The number of aryl methyl sites for hydroxylation is 2. The van der Waals surface area contributed by atoms with Crippen molar-refractivity contribution in [3.05, 3.63) is 25.0 Å². The molecule has 2 aliphatic heterocycles. The van der Waals surface area contributed by atoms with Gasteiger partial charge >= 0.3 is 0 Å². The molecule has 2 aromatic rings. The second kappa shape index (κ2) is 8.49. The Balaban J connectivity index is 1.29. The Hall–Kier alpha value is -2.78. The zero-order chi connectivity index (χ0) is 19.3. The monoisotopic (exact) mass is 386 g/mol. The number of hydrogen-bond acceptors (Lipinski definition) is 6. The zero-order valence-electron chi connectivity index (χ0n) is 15.9. The fourth-order valence-electron chi connectivity index (χ4n) is 4.36. The van der Waals surface area contributed by atoms with Gasteiger partial charge in [0.05, 0.1) is 12.9 Å². The molecule has 28 heavy (non-hydrogen) atoms. The van der Waals surface area contributed by atoms with Crippen LogP contribution in [0.4, 0.5) is 0 Å². The van der Waals surface area contributed by atoms with E-state index in [1.54, 1.807) is 17.2 Å². The highest BCUT2D eigenvalue weighted by molar-refractivity contribution is 5.78. The molecule has 4 rings (SSSR count). The van der Waals surface area contributed by atoms with Gasteiger partial charge in [0.15, 0.2) is 0 Å². The quantitative estimate of drug-likeness (QED) is 0.673. The number of aromatic nitrogens is 6. The molecule has 10 heteroatoms. The molecule has 2 atom stereocenters. The van der Waals surface area contributed by atoms with Gasteiger partial charge in [-0.1, -0.05) is 0 Å². The third-order valence-electron chi connectivity index (χ3n) is 5.82. The number of likely N-dealkylation sites (tertiary alicyclic amines) is 2. The van der Waals surface area contributed by atoms with Crippen LogP contribution in [-0.4, -0.2) is 77.0 Å². The van der Waals surface area contributed by atoms with Gasteiger partial charge in [-0.2, -0.15) is 0 Å². The number of fused-ring (bicyclic) bond motifs is 1. The number of rotatable bonds is 7. The lowest BCUT2D eigenvalue weighted by molar-refractivity contribution is -0.144. The van der Waals surface area contributed by atoms with Crippen molar-refractivity contribution in [2.24, 2.45) is 5.92 Å². The lowest BCUT2D eigenvalue weighted by atomic mass is 9.83. The number of hydrogen-bond donors (Lipinski definition) is 0. The summed E-state index contributed by atoms with van der Waals surface area (Å²) >= 11 is 0. The largest absolute Gasteiger partial charge is 0.342 e. The maximum Gasteiger partial charge on any atom is 0.224 e. The highest BCUT2D eigenvalue weighted by Crippen LogP contribution is 2.31. The van der Waals surface area contributed by atoms with E-state index in [9.17, 15) is 9.59 Å². The minimum Gasteiger partial charge on any atom is -0.342 e. The maximum atomic E-state index is 12.6. The number of nitrogens with zero attached hydrogens (tertiary/aromatic N) is 8. The van der Waals surface area contributed by atoms with E-state index in [2.05, 4.69) is 25.4 Å². The van der Waals surface area contributed by atoms with Crippen molar-refractivity contribution in [2.45, 2.75) is 51.2 Å². The summed E-state index contributed by atoms with van der Waals surface area (Å²) in [5.41, 5.74) is 0. The summed E-state index contributed by atoms with van der Waals surface area (Å²) in [5, 5.41) is 11.0. The molecule has 2 fully saturated rings. The number of carbonyl (C=O) groups excluding carboxylic acids is 2. The minimum absolute atomic E-state index is 0.137. The van der Waals surface area contributed by atoms with Crippen molar-refractivity contribution >= 4 is 11.8 Å². The Labute approximate surface area is 163 Å². The first-order chi connectivity index (χ1) is 13.7. The van der Waals surface area contributed by atoms with Gasteiger partial charge in [0.25, 0.3) is 0 Å². The average Bonchev–Trinajstić information content (AvgIpc) is 3.41. The predicted octanol–water partition coefficient (Wildman–Crippen LogP) is 0.190. The van der Waals surface area contributed by atoms with E-state index in [1.165, 1.54) is 6.33 Å². The second-order valence-electron chi connectivity index (χ2n) is 7.56. The molecule has 150 valence electrons. The van der Waals surface area contributed by atoms with Crippen LogP contribution in [0.2, 0.25) is 0 Å². The van der Waals surface area contributed by atoms with E-state index in [0.29, 0.717) is 31.8 Å². The van der Waals surface area contributed by atoms with Crippen LogP contribution in [0.5, 0.6) is 0 Å². The molecule has 0 unspecified atom stereocenters. The molecule has 2 aliphatic rings. The Morgan fingerprint density at radius 1 is 1.18 bits per heavy atom. The summed E-state index contributed by atoms with van der Waals surface area (Å²) in [6, 6.07) is 0.257. The minimum atomic E-state index is 0.137. The summed E-state index contributed by atoms with van der Waals surface area (Å²) in [7, 11) is 0. The lowest BCUT2D eigenvalue weighted by Crippen LogP contribution is -2.57. The summed E-state index contributed by atoms with van der Waals surface area (Å²) in [5.74, 6) is 0.763. The molecule has 2 amide bonds. The first kappa shape index (κ1) is 18.6. The standard InChI is InChI=1S/C18H26N8O2/c27-17(5-10-25-14-20-21-22-25)24-9-4-16-15(12-24)2-3-18(28)26(16)8-1-7-23-11-6-19-13-23/h6,11,13-16H,1-5,7-10,12H2/t15-,16+/m0/s1. The van der Waals surface area contributed by atoms with Gasteiger partial charge in [-0.15, -0.1) is 5.10 Å². The maximum absolute atomic E-state index is 12.6. The Kier molecular flexibility index (Phi) is 5.63. The molecule has 4 heterocycles. The Bertz CT molecular complexity index is 776. The van der Waals surface area contributed by atoms with Crippen molar-refractivity contribution in [2.75, 3.05) is 19.6 Å².